The Morgan fingerprint density at radius 1 is 1.44 bits per heavy atom. The lowest BCUT2D eigenvalue weighted by Gasteiger charge is -2.06. The largest absolute Gasteiger partial charge is 0.253 e. The molecule has 0 aliphatic rings. The van der Waals surface area contributed by atoms with E-state index in [2.05, 4.69) is 27.0 Å². The van der Waals surface area contributed by atoms with E-state index in [-0.39, 0.29) is 0 Å². The minimum atomic E-state index is 0.463. The van der Waals surface area contributed by atoms with E-state index in [0.29, 0.717) is 5.75 Å². The van der Waals surface area contributed by atoms with Crippen LogP contribution in [0.3, 0.4) is 0 Å². The van der Waals surface area contributed by atoms with Gasteiger partial charge in [-0.2, -0.15) is 5.26 Å². The maximum absolute atomic E-state index is 8.63. The minimum absolute atomic E-state index is 0.463. The van der Waals surface area contributed by atoms with E-state index in [0.717, 1.165) is 26.0 Å². The van der Waals surface area contributed by atoms with Crippen molar-refractivity contribution in [3.8, 4) is 6.07 Å². The summed E-state index contributed by atoms with van der Waals surface area (Å²) in [4.78, 5) is 5.58. The highest BCUT2D eigenvalue weighted by Crippen LogP contribution is 2.29. The van der Waals surface area contributed by atoms with Gasteiger partial charge in [0.2, 0.25) is 0 Å². The molecule has 0 N–H and O–H groups in total. The van der Waals surface area contributed by atoms with E-state index in [1.54, 1.807) is 11.8 Å². The van der Waals surface area contributed by atoms with Gasteiger partial charge in [-0.3, -0.25) is 4.98 Å². The first-order chi connectivity index (χ1) is 7.70. The normalized spacial score (nSPS) is 10.3. The molecule has 2 aromatic rings. The summed E-state index contributed by atoms with van der Waals surface area (Å²) in [6, 6.07) is 10.2. The van der Waals surface area contributed by atoms with Crippen LogP contribution >= 0.6 is 27.7 Å². The van der Waals surface area contributed by atoms with Crippen molar-refractivity contribution in [3.05, 3.63) is 34.4 Å². The molecule has 1 heterocycles. The van der Waals surface area contributed by atoms with Crippen LogP contribution in [0.1, 0.15) is 5.69 Å². The average Bonchev–Trinajstić information content (AvgIpc) is 2.26. The van der Waals surface area contributed by atoms with E-state index in [9.17, 15) is 0 Å². The quantitative estimate of drug-likeness (QED) is 0.787. The van der Waals surface area contributed by atoms with Crippen LogP contribution in [-0.2, 0) is 0 Å². The molecule has 2 rings (SSSR count). The molecule has 0 aliphatic heterocycles. The monoisotopic (exact) mass is 292 g/mol. The molecular formula is C12H9BrN2S. The van der Waals surface area contributed by atoms with Gasteiger partial charge in [-0.1, -0.05) is 15.9 Å². The summed E-state index contributed by atoms with van der Waals surface area (Å²) in [5.74, 6) is 0.463. The van der Waals surface area contributed by atoms with Crippen LogP contribution in [0.15, 0.2) is 33.6 Å². The maximum atomic E-state index is 8.63. The third kappa shape index (κ3) is 2.37. The number of pyridine rings is 1. The van der Waals surface area contributed by atoms with Crippen LogP contribution in [0.25, 0.3) is 10.9 Å². The Kier molecular flexibility index (Phi) is 3.47. The van der Waals surface area contributed by atoms with Crippen molar-refractivity contribution in [2.75, 3.05) is 5.75 Å². The highest BCUT2D eigenvalue weighted by atomic mass is 79.9. The molecule has 0 spiro atoms. The first-order valence-corrected chi connectivity index (χ1v) is 6.55. The summed E-state index contributed by atoms with van der Waals surface area (Å²) in [5.41, 5.74) is 1.96. The predicted octanol–water partition coefficient (Wildman–Crippen LogP) is 3.92. The number of nitrogens with zero attached hydrogens (tertiary/aromatic N) is 2. The first kappa shape index (κ1) is 11.4. The Balaban J connectivity index is 2.61. The smallest absolute Gasteiger partial charge is 0.0855 e. The van der Waals surface area contributed by atoms with Gasteiger partial charge in [0.1, 0.15) is 0 Å². The minimum Gasteiger partial charge on any atom is -0.253 e. The van der Waals surface area contributed by atoms with E-state index in [1.807, 2.05) is 31.2 Å². The SMILES string of the molecule is Cc1cc(SCC#N)c2cc(Br)ccc2n1. The van der Waals surface area contributed by atoms with Gasteiger partial charge in [0.15, 0.2) is 0 Å². The topological polar surface area (TPSA) is 36.7 Å². The lowest BCUT2D eigenvalue weighted by Crippen LogP contribution is -1.87. The zero-order valence-corrected chi connectivity index (χ0v) is 11.1. The fraction of sp³-hybridized carbons (Fsp3) is 0.167. The molecule has 0 unspecified atom stereocenters. The van der Waals surface area contributed by atoms with Crippen molar-refractivity contribution in [3.63, 3.8) is 0 Å². The van der Waals surface area contributed by atoms with Crippen LogP contribution < -0.4 is 0 Å². The molecule has 0 amide bonds. The van der Waals surface area contributed by atoms with Crippen LogP contribution in [0.4, 0.5) is 0 Å². The molecule has 0 saturated carbocycles. The highest BCUT2D eigenvalue weighted by molar-refractivity contribution is 9.10. The summed E-state index contributed by atoms with van der Waals surface area (Å²) < 4.78 is 1.03. The molecule has 0 saturated heterocycles. The summed E-state index contributed by atoms with van der Waals surface area (Å²) in [6.45, 7) is 1.97. The molecule has 0 atom stereocenters. The van der Waals surface area contributed by atoms with E-state index < -0.39 is 0 Å². The zero-order chi connectivity index (χ0) is 11.5. The van der Waals surface area contributed by atoms with Gasteiger partial charge < -0.3 is 0 Å². The fourth-order valence-electron chi connectivity index (χ4n) is 1.52. The second-order valence-corrected chi connectivity index (χ2v) is 5.30. The summed E-state index contributed by atoms with van der Waals surface area (Å²) in [7, 11) is 0. The van der Waals surface area contributed by atoms with Crippen LogP contribution in [0.2, 0.25) is 0 Å². The second kappa shape index (κ2) is 4.86. The maximum Gasteiger partial charge on any atom is 0.0855 e. The third-order valence-electron chi connectivity index (χ3n) is 2.15. The zero-order valence-electron chi connectivity index (χ0n) is 8.70. The molecular weight excluding hydrogens is 284 g/mol. The molecule has 80 valence electrons. The average molecular weight is 293 g/mol. The Morgan fingerprint density at radius 2 is 2.25 bits per heavy atom. The lowest BCUT2D eigenvalue weighted by atomic mass is 10.2. The predicted molar refractivity (Wildman–Crippen MR) is 70.5 cm³/mol. The van der Waals surface area contributed by atoms with Gasteiger partial charge in [0.05, 0.1) is 17.3 Å². The van der Waals surface area contributed by atoms with Crippen molar-refractivity contribution in [2.45, 2.75) is 11.8 Å². The Hall–Kier alpha value is -1.05. The van der Waals surface area contributed by atoms with Crippen molar-refractivity contribution < 1.29 is 0 Å². The number of hydrogen-bond acceptors (Lipinski definition) is 3. The molecule has 16 heavy (non-hydrogen) atoms. The standard InChI is InChI=1S/C12H9BrN2S/c1-8-6-12(16-5-4-14)10-7-9(13)2-3-11(10)15-8/h2-3,6-7H,5H2,1H3. The van der Waals surface area contributed by atoms with Gasteiger partial charge in [-0.25, -0.2) is 0 Å². The number of thioether (sulfide) groups is 1. The van der Waals surface area contributed by atoms with Gasteiger partial charge in [-0.05, 0) is 31.2 Å². The second-order valence-electron chi connectivity index (χ2n) is 3.37. The third-order valence-corrected chi connectivity index (χ3v) is 3.57. The summed E-state index contributed by atoms with van der Waals surface area (Å²) in [5, 5.41) is 9.73. The van der Waals surface area contributed by atoms with Crippen molar-refractivity contribution >= 4 is 38.6 Å². The summed E-state index contributed by atoms with van der Waals surface area (Å²) in [6.07, 6.45) is 0. The van der Waals surface area contributed by atoms with Crippen LogP contribution in [0, 0.1) is 18.3 Å². The van der Waals surface area contributed by atoms with E-state index >= 15 is 0 Å². The number of aromatic nitrogens is 1. The van der Waals surface area contributed by atoms with E-state index in [4.69, 9.17) is 5.26 Å². The number of fused-ring (bicyclic) bond motifs is 1. The van der Waals surface area contributed by atoms with Gasteiger partial charge in [0, 0.05) is 20.4 Å². The Morgan fingerprint density at radius 3 is 3.00 bits per heavy atom. The molecule has 0 fully saturated rings. The molecule has 0 radical (unpaired) electrons. The fourth-order valence-corrected chi connectivity index (χ4v) is 2.68. The Labute approximate surface area is 107 Å². The van der Waals surface area contributed by atoms with Gasteiger partial charge >= 0.3 is 0 Å². The molecule has 1 aromatic heterocycles. The number of benzene rings is 1. The molecule has 2 nitrogen and oxygen atoms in total. The first-order valence-electron chi connectivity index (χ1n) is 4.77. The van der Waals surface area contributed by atoms with Gasteiger partial charge in [0.25, 0.3) is 0 Å². The van der Waals surface area contributed by atoms with Crippen molar-refractivity contribution in [1.29, 1.82) is 5.26 Å². The van der Waals surface area contributed by atoms with Crippen LogP contribution in [-0.4, -0.2) is 10.7 Å². The number of rotatable bonds is 2. The van der Waals surface area contributed by atoms with Crippen molar-refractivity contribution in [2.24, 2.45) is 0 Å². The van der Waals surface area contributed by atoms with Crippen LogP contribution in [0.5, 0.6) is 0 Å². The lowest BCUT2D eigenvalue weighted by molar-refractivity contribution is 1.22. The number of halogens is 1. The van der Waals surface area contributed by atoms with E-state index in [1.165, 1.54) is 0 Å². The summed E-state index contributed by atoms with van der Waals surface area (Å²) >= 11 is 5.00. The highest BCUT2D eigenvalue weighted by Gasteiger charge is 2.05. The number of hydrogen-bond donors (Lipinski definition) is 0. The molecule has 0 aliphatic carbocycles. The number of aryl methyl sites for hydroxylation is 1. The van der Waals surface area contributed by atoms with Crippen molar-refractivity contribution in [1.82, 2.24) is 4.98 Å². The van der Waals surface area contributed by atoms with Gasteiger partial charge in [-0.15, -0.1) is 11.8 Å². The Bertz CT molecular complexity index is 575. The molecule has 4 heteroatoms. The number of nitriles is 1. The molecule has 0 bridgehead atoms. The molecule has 1 aromatic carbocycles.